The van der Waals surface area contributed by atoms with Crippen molar-refractivity contribution in [3.63, 3.8) is 0 Å². The predicted octanol–water partition coefficient (Wildman–Crippen LogP) is -3.57. The Labute approximate surface area is 205 Å². The summed E-state index contributed by atoms with van der Waals surface area (Å²) in [6.45, 7) is 0. The zero-order valence-corrected chi connectivity index (χ0v) is 26.2. The summed E-state index contributed by atoms with van der Waals surface area (Å²) in [7, 11) is 0. The van der Waals surface area contributed by atoms with Crippen molar-refractivity contribution in [3.8, 4) is 0 Å². The van der Waals surface area contributed by atoms with Gasteiger partial charge in [0, 0.05) is 142 Å². The molecular weight excluding hydrogens is 968 g/mol. The molecule has 0 bridgehead atoms. The van der Waals surface area contributed by atoms with Gasteiger partial charge in [-0.25, -0.2) is 0 Å². The molecule has 64 valence electrons. The molecular formula is H9AlCdCoCuFeHgNiPbSnZn. The maximum Gasteiger partial charge on any atom is 0 e. The molecule has 0 aromatic rings. The molecule has 0 unspecified atom stereocenters. The van der Waals surface area contributed by atoms with Gasteiger partial charge >= 0.3 is 51.2 Å². The van der Waals surface area contributed by atoms with Gasteiger partial charge in [-0.05, 0) is 0 Å². The minimum atomic E-state index is 0. The van der Waals surface area contributed by atoms with Crippen LogP contribution in [-0.4, -0.2) is 68.6 Å². The Morgan fingerprint density at radius 3 is 1.00 bits per heavy atom. The molecule has 0 heterocycles. The van der Waals surface area contributed by atoms with Gasteiger partial charge in [-0.3, -0.25) is 0 Å². The van der Waals surface area contributed by atoms with E-state index in [0.717, 1.165) is 0 Å². The summed E-state index contributed by atoms with van der Waals surface area (Å²) in [6, 6.07) is 0. The average Bonchev–Trinajstić information content (AvgIpc) is 0. The van der Waals surface area contributed by atoms with Gasteiger partial charge < -0.3 is 0 Å². The predicted molar refractivity (Wildman–Crippen MR) is 29.8 cm³/mol. The van der Waals surface area contributed by atoms with Gasteiger partial charge in [0.05, 0.1) is 0 Å². The molecule has 0 saturated carbocycles. The molecule has 0 aliphatic heterocycles. The Balaban J connectivity index is 0. The van der Waals surface area contributed by atoms with Crippen LogP contribution in [0.5, 0.6) is 0 Å². The van der Waals surface area contributed by atoms with Gasteiger partial charge in [0.25, 0.3) is 0 Å². The molecule has 10 heteroatoms. The maximum absolute atomic E-state index is 0. The van der Waals surface area contributed by atoms with Crippen molar-refractivity contribution in [2.75, 3.05) is 0 Å². The second kappa shape index (κ2) is 75.0. The quantitative estimate of drug-likeness (QED) is 0.221. The van der Waals surface area contributed by atoms with Crippen molar-refractivity contribution >= 4 is 68.6 Å². The summed E-state index contributed by atoms with van der Waals surface area (Å²) < 4.78 is 0. The fourth-order valence-corrected chi connectivity index (χ4v) is 0. The van der Waals surface area contributed by atoms with E-state index in [4.69, 9.17) is 0 Å². The van der Waals surface area contributed by atoms with Crippen molar-refractivity contribution in [1.29, 1.82) is 0 Å². The van der Waals surface area contributed by atoms with E-state index in [1.165, 1.54) is 0 Å². The van der Waals surface area contributed by atoms with E-state index in [1.807, 2.05) is 0 Å². The SMILES string of the molecule is [AlH3].[Cd].[Co].[Cu].[Fe].[Hg].[Ni].[PbH2].[SnH4].[Zn]. The Kier molecular flexibility index (Phi) is 683. The van der Waals surface area contributed by atoms with Crippen molar-refractivity contribution in [2.24, 2.45) is 0 Å². The summed E-state index contributed by atoms with van der Waals surface area (Å²) in [5.74, 6) is 0. The Morgan fingerprint density at radius 1 is 1.00 bits per heavy atom. The third kappa shape index (κ3) is 61.1. The molecule has 0 saturated heterocycles. The van der Waals surface area contributed by atoms with Crippen LogP contribution in [0.15, 0.2) is 0 Å². The molecule has 0 nitrogen and oxygen atoms in total. The summed E-state index contributed by atoms with van der Waals surface area (Å²) in [6.07, 6.45) is 0. The first-order chi connectivity index (χ1) is 0. The Hall–Kier alpha value is 6.77. The number of hydrogen-bond donors (Lipinski definition) is 0. The van der Waals surface area contributed by atoms with Crippen LogP contribution in [0.2, 0.25) is 0 Å². The molecule has 0 aliphatic rings. The van der Waals surface area contributed by atoms with Crippen molar-refractivity contribution in [2.45, 2.75) is 0 Å². The van der Waals surface area contributed by atoms with E-state index in [2.05, 4.69) is 0 Å². The van der Waals surface area contributed by atoms with E-state index in [-0.39, 0.29) is 210 Å². The van der Waals surface area contributed by atoms with E-state index >= 15 is 0 Å². The number of rotatable bonds is 0. The zero-order chi connectivity index (χ0) is 0. The smallest absolute Gasteiger partial charge is 0 e. The van der Waals surface area contributed by atoms with Crippen LogP contribution < -0.4 is 0 Å². The van der Waals surface area contributed by atoms with Crippen LogP contribution in [0, 0.1) is 0 Å². The molecule has 0 aliphatic carbocycles. The molecule has 0 aromatic carbocycles. The fourth-order valence-electron chi connectivity index (χ4n) is 0. The third-order valence-electron chi connectivity index (χ3n) is 0. The third-order valence-corrected chi connectivity index (χ3v) is 0. The Morgan fingerprint density at radius 2 is 1.00 bits per heavy atom. The second-order valence-corrected chi connectivity index (χ2v) is 0. The summed E-state index contributed by atoms with van der Waals surface area (Å²) in [5.41, 5.74) is 0. The first-order valence-corrected chi connectivity index (χ1v) is 0. The van der Waals surface area contributed by atoms with Crippen LogP contribution in [0.1, 0.15) is 0 Å². The zero-order valence-electron chi connectivity index (χ0n) is 4.13. The van der Waals surface area contributed by atoms with E-state index in [9.17, 15) is 0 Å². The van der Waals surface area contributed by atoms with Gasteiger partial charge in [0.15, 0.2) is 17.4 Å². The van der Waals surface area contributed by atoms with Gasteiger partial charge in [0.1, 0.15) is 0 Å². The molecule has 4 radical (unpaired) electrons. The van der Waals surface area contributed by atoms with Gasteiger partial charge in [-0.2, -0.15) is 0 Å². The van der Waals surface area contributed by atoms with E-state index in [1.54, 1.807) is 0 Å². The van der Waals surface area contributed by atoms with Gasteiger partial charge in [-0.1, -0.05) is 0 Å². The van der Waals surface area contributed by atoms with Crippen LogP contribution in [0.3, 0.4) is 0 Å². The van der Waals surface area contributed by atoms with Crippen LogP contribution in [-0.2, 0) is 142 Å². The molecule has 0 atom stereocenters. The normalized spacial score (nSPS) is 0. The van der Waals surface area contributed by atoms with Gasteiger partial charge in [-0.15, -0.1) is 0 Å². The molecule has 0 fully saturated rings. The monoisotopic (exact) mass is 979 g/mol. The van der Waals surface area contributed by atoms with Crippen LogP contribution in [0.4, 0.5) is 0 Å². The summed E-state index contributed by atoms with van der Waals surface area (Å²) in [4.78, 5) is 0. The maximum atomic E-state index is 0. The molecule has 0 rings (SSSR count). The van der Waals surface area contributed by atoms with Gasteiger partial charge in [0.2, 0.25) is 0 Å². The topological polar surface area (TPSA) is 0 Å². The molecule has 0 spiro atoms. The van der Waals surface area contributed by atoms with Crippen LogP contribution >= 0.6 is 0 Å². The minimum absolute atomic E-state index is 0. The fraction of sp³-hybridized carbons (Fsp3) is 0. The average molecular weight is 977 g/mol. The standard InChI is InChI=1S/Al.Cd.Co.Cu.Fe.Hg.Ni.Pb.Sn.Zn.9H. The number of hydrogen-bond acceptors (Lipinski definition) is 0. The summed E-state index contributed by atoms with van der Waals surface area (Å²) in [5, 5.41) is 0. The van der Waals surface area contributed by atoms with E-state index < -0.39 is 0 Å². The van der Waals surface area contributed by atoms with Crippen molar-refractivity contribution in [1.82, 2.24) is 0 Å². The summed E-state index contributed by atoms with van der Waals surface area (Å²) >= 11 is 0. The molecule has 0 aromatic heterocycles. The molecule has 0 amide bonds. The van der Waals surface area contributed by atoms with Crippen LogP contribution in [0.25, 0.3) is 0 Å². The first kappa shape index (κ1) is 91.0. The second-order valence-electron chi connectivity index (χ2n) is 0. The van der Waals surface area contributed by atoms with Crippen molar-refractivity contribution in [3.05, 3.63) is 0 Å². The molecule has 10 heavy (non-hydrogen) atoms. The molecule has 0 N–H and O–H groups in total. The van der Waals surface area contributed by atoms with E-state index in [0.29, 0.717) is 0 Å². The van der Waals surface area contributed by atoms with Crippen molar-refractivity contribution < 1.29 is 142 Å². The Bertz CT molecular complexity index is 33.2. The minimum Gasteiger partial charge on any atom is 0 e. The first-order valence-electron chi connectivity index (χ1n) is 0. The largest absolute Gasteiger partial charge is 0 e.